The van der Waals surface area contributed by atoms with Crippen molar-refractivity contribution in [1.82, 2.24) is 0 Å². The minimum absolute atomic E-state index is 0.310. The van der Waals surface area contributed by atoms with E-state index in [4.69, 9.17) is 0 Å². The fourth-order valence-electron chi connectivity index (χ4n) is 3.77. The Morgan fingerprint density at radius 1 is 0.941 bits per heavy atom. The first kappa shape index (κ1) is 25.1. The van der Waals surface area contributed by atoms with Crippen LogP contribution in [0.15, 0.2) is 66.7 Å². The van der Waals surface area contributed by atoms with Crippen LogP contribution in [0, 0.1) is 23.6 Å². The van der Waals surface area contributed by atoms with Gasteiger partial charge in [0.2, 0.25) is 0 Å². The van der Waals surface area contributed by atoms with Gasteiger partial charge in [-0.2, -0.15) is 0 Å². The zero-order valence-corrected chi connectivity index (χ0v) is 20.1. The number of rotatable bonds is 9. The van der Waals surface area contributed by atoms with E-state index in [0.29, 0.717) is 18.2 Å². The van der Waals surface area contributed by atoms with Crippen LogP contribution in [0.4, 0.5) is 10.1 Å². The lowest BCUT2D eigenvalue weighted by Gasteiger charge is -2.27. The van der Waals surface area contributed by atoms with E-state index < -0.39 is 11.8 Å². The minimum Gasteiger partial charge on any atom is -0.478 e. The average molecular weight is 458 g/mol. The number of halogens is 1. The fraction of sp³-hybridized carbons (Fsp3) is 0.300. The van der Waals surface area contributed by atoms with E-state index in [0.717, 1.165) is 29.7 Å². The van der Waals surface area contributed by atoms with Crippen molar-refractivity contribution in [2.45, 2.75) is 46.6 Å². The average Bonchev–Trinajstić information content (AvgIpc) is 2.82. The number of anilines is 1. The number of hydrogen-bond donors (Lipinski definition) is 1. The summed E-state index contributed by atoms with van der Waals surface area (Å²) in [7, 11) is 0. The monoisotopic (exact) mass is 457 g/mol. The SMILES string of the molecule is CCCCc1ccc(C#Cc2ccc(CN(CC(C)C)c3ccc(F)c(C(=O)O)c3)cc2)cc1. The third-order valence-electron chi connectivity index (χ3n) is 5.58. The van der Waals surface area contributed by atoms with Crippen molar-refractivity contribution in [1.29, 1.82) is 0 Å². The Kier molecular flexibility index (Phi) is 8.87. The lowest BCUT2D eigenvalue weighted by molar-refractivity contribution is 0.0692. The minimum atomic E-state index is -1.26. The van der Waals surface area contributed by atoms with Gasteiger partial charge < -0.3 is 10.0 Å². The first-order valence-corrected chi connectivity index (χ1v) is 11.8. The molecule has 0 aliphatic carbocycles. The van der Waals surface area contributed by atoms with Crippen LogP contribution in [-0.2, 0) is 13.0 Å². The Labute approximate surface area is 202 Å². The normalized spacial score (nSPS) is 10.6. The Balaban J connectivity index is 1.72. The highest BCUT2D eigenvalue weighted by Crippen LogP contribution is 2.23. The van der Waals surface area contributed by atoms with Gasteiger partial charge in [0.25, 0.3) is 0 Å². The largest absolute Gasteiger partial charge is 0.478 e. The van der Waals surface area contributed by atoms with E-state index >= 15 is 0 Å². The van der Waals surface area contributed by atoms with Gasteiger partial charge in [0, 0.05) is 29.9 Å². The summed E-state index contributed by atoms with van der Waals surface area (Å²) in [6, 6.07) is 20.8. The van der Waals surface area contributed by atoms with Crippen LogP contribution in [0.3, 0.4) is 0 Å². The van der Waals surface area contributed by atoms with E-state index in [1.165, 1.54) is 30.5 Å². The summed E-state index contributed by atoms with van der Waals surface area (Å²) in [6.45, 7) is 7.72. The lowest BCUT2D eigenvalue weighted by Crippen LogP contribution is -2.27. The molecule has 0 amide bonds. The maximum atomic E-state index is 13.9. The molecule has 0 unspecified atom stereocenters. The Hall–Kier alpha value is -3.58. The summed E-state index contributed by atoms with van der Waals surface area (Å²) in [6.07, 6.45) is 3.50. The Bertz CT molecular complexity index is 1160. The first-order chi connectivity index (χ1) is 16.4. The van der Waals surface area contributed by atoms with Crippen LogP contribution in [0.1, 0.15) is 66.2 Å². The number of nitrogens with zero attached hydrogens (tertiary/aromatic N) is 1. The Morgan fingerprint density at radius 2 is 1.53 bits per heavy atom. The highest BCUT2D eigenvalue weighted by molar-refractivity contribution is 5.89. The summed E-state index contributed by atoms with van der Waals surface area (Å²) in [5.74, 6) is 4.82. The lowest BCUT2D eigenvalue weighted by atomic mass is 10.1. The quantitative estimate of drug-likeness (QED) is 0.354. The topological polar surface area (TPSA) is 40.5 Å². The van der Waals surface area contributed by atoms with Crippen LogP contribution in [0.5, 0.6) is 0 Å². The van der Waals surface area contributed by atoms with Gasteiger partial charge in [-0.1, -0.05) is 63.3 Å². The number of unbranched alkanes of at least 4 members (excludes halogenated alkanes) is 1. The molecule has 0 atom stereocenters. The van der Waals surface area contributed by atoms with Gasteiger partial charge in [-0.25, -0.2) is 9.18 Å². The zero-order valence-electron chi connectivity index (χ0n) is 20.1. The number of benzene rings is 3. The fourth-order valence-corrected chi connectivity index (χ4v) is 3.77. The molecule has 0 saturated carbocycles. The number of aromatic carboxylic acids is 1. The van der Waals surface area contributed by atoms with Gasteiger partial charge in [-0.3, -0.25) is 0 Å². The third-order valence-corrected chi connectivity index (χ3v) is 5.58. The van der Waals surface area contributed by atoms with Gasteiger partial charge in [-0.15, -0.1) is 0 Å². The molecule has 0 spiro atoms. The molecule has 0 aromatic heterocycles. The third kappa shape index (κ3) is 7.22. The van der Waals surface area contributed by atoms with Crippen molar-refractivity contribution in [2.24, 2.45) is 5.92 Å². The van der Waals surface area contributed by atoms with Crippen LogP contribution >= 0.6 is 0 Å². The predicted octanol–water partition coefficient (Wildman–Crippen LogP) is 6.93. The summed E-state index contributed by atoms with van der Waals surface area (Å²) in [4.78, 5) is 13.4. The van der Waals surface area contributed by atoms with Crippen LogP contribution in [0.25, 0.3) is 0 Å². The standard InChI is InChI=1S/C30H32FNO2/c1-4-5-6-23-7-9-24(10-8-23)11-12-25-13-15-26(16-14-25)21-32(20-22(2)3)27-17-18-29(31)28(19-27)30(33)34/h7-10,13-19,22H,4-6,20-21H2,1-3H3,(H,33,34). The molecule has 0 saturated heterocycles. The molecular formula is C30H32FNO2. The second-order valence-corrected chi connectivity index (χ2v) is 8.99. The van der Waals surface area contributed by atoms with Gasteiger partial charge in [0.15, 0.2) is 0 Å². The highest BCUT2D eigenvalue weighted by Gasteiger charge is 2.15. The van der Waals surface area contributed by atoms with E-state index in [9.17, 15) is 14.3 Å². The first-order valence-electron chi connectivity index (χ1n) is 11.8. The smallest absolute Gasteiger partial charge is 0.338 e. The molecule has 3 rings (SSSR count). The zero-order chi connectivity index (χ0) is 24.5. The van der Waals surface area contributed by atoms with Gasteiger partial charge >= 0.3 is 5.97 Å². The maximum Gasteiger partial charge on any atom is 0.338 e. The van der Waals surface area contributed by atoms with E-state index in [1.807, 2.05) is 24.3 Å². The number of hydrogen-bond acceptors (Lipinski definition) is 2. The molecular weight excluding hydrogens is 425 g/mol. The molecule has 0 aliphatic rings. The molecule has 34 heavy (non-hydrogen) atoms. The molecule has 0 aliphatic heterocycles. The van der Waals surface area contributed by atoms with Crippen molar-refractivity contribution >= 4 is 11.7 Å². The van der Waals surface area contributed by atoms with Gasteiger partial charge in [0.05, 0.1) is 5.56 Å². The van der Waals surface area contributed by atoms with E-state index in [2.05, 4.69) is 61.8 Å². The highest BCUT2D eigenvalue weighted by atomic mass is 19.1. The Morgan fingerprint density at radius 3 is 2.06 bits per heavy atom. The molecule has 4 heteroatoms. The van der Waals surface area contributed by atoms with Crippen molar-refractivity contribution in [3.05, 3.63) is 100 Å². The number of aryl methyl sites for hydroxylation is 1. The van der Waals surface area contributed by atoms with Crippen LogP contribution in [-0.4, -0.2) is 17.6 Å². The van der Waals surface area contributed by atoms with Crippen molar-refractivity contribution in [3.8, 4) is 11.8 Å². The van der Waals surface area contributed by atoms with E-state index in [1.54, 1.807) is 6.07 Å². The number of carboxylic acids is 1. The van der Waals surface area contributed by atoms with Gasteiger partial charge in [0.1, 0.15) is 5.82 Å². The van der Waals surface area contributed by atoms with E-state index in [-0.39, 0.29) is 5.56 Å². The van der Waals surface area contributed by atoms with Crippen LogP contribution in [0.2, 0.25) is 0 Å². The van der Waals surface area contributed by atoms with Crippen molar-refractivity contribution in [2.75, 3.05) is 11.4 Å². The molecule has 3 aromatic rings. The number of carbonyl (C=O) groups is 1. The van der Waals surface area contributed by atoms with Gasteiger partial charge in [-0.05, 0) is 72.4 Å². The van der Waals surface area contributed by atoms with Crippen molar-refractivity contribution < 1.29 is 14.3 Å². The summed E-state index contributed by atoms with van der Waals surface area (Å²) < 4.78 is 13.9. The summed E-state index contributed by atoms with van der Waals surface area (Å²) in [5.41, 5.74) is 4.74. The second-order valence-electron chi connectivity index (χ2n) is 8.99. The molecule has 1 N–H and O–H groups in total. The van der Waals surface area contributed by atoms with Crippen LogP contribution < -0.4 is 4.90 Å². The maximum absolute atomic E-state index is 13.9. The second kappa shape index (κ2) is 12.0. The molecule has 176 valence electrons. The molecule has 0 bridgehead atoms. The predicted molar refractivity (Wildman–Crippen MR) is 137 cm³/mol. The molecule has 0 radical (unpaired) electrons. The van der Waals surface area contributed by atoms with Crippen molar-refractivity contribution in [3.63, 3.8) is 0 Å². The number of carboxylic acid groups (broad SMARTS) is 1. The summed E-state index contributed by atoms with van der Waals surface area (Å²) >= 11 is 0. The molecule has 3 nitrogen and oxygen atoms in total. The summed E-state index contributed by atoms with van der Waals surface area (Å²) in [5, 5.41) is 9.28. The molecule has 3 aromatic carbocycles. The molecule has 0 fully saturated rings. The molecule has 0 heterocycles.